The number of hydrogen-bond donors (Lipinski definition) is 1. The van der Waals surface area contributed by atoms with Crippen molar-refractivity contribution in [3.8, 4) is 0 Å². The van der Waals surface area contributed by atoms with Crippen LogP contribution in [0.15, 0.2) is 114 Å². The van der Waals surface area contributed by atoms with E-state index in [1.807, 2.05) is 0 Å². The number of diazo groups is 1. The predicted molar refractivity (Wildman–Crippen MR) is 232 cm³/mol. The lowest BCUT2D eigenvalue weighted by molar-refractivity contribution is -0.145. The highest BCUT2D eigenvalue weighted by Gasteiger charge is 2.47. The molecule has 346 valence electrons. The lowest BCUT2D eigenvalue weighted by atomic mass is 9.82. The summed E-state index contributed by atoms with van der Waals surface area (Å²) in [7, 11) is 0. The molecule has 0 bridgehead atoms. The van der Waals surface area contributed by atoms with Gasteiger partial charge in [0.05, 0.1) is 33.0 Å². The van der Waals surface area contributed by atoms with Crippen molar-refractivity contribution < 1.29 is 52.7 Å². The molecule has 6 aromatic carbocycles. The van der Waals surface area contributed by atoms with E-state index < -0.39 is 80.3 Å². The van der Waals surface area contributed by atoms with E-state index in [0.29, 0.717) is 54.5 Å². The highest BCUT2D eigenvalue weighted by Crippen LogP contribution is 2.47. The lowest BCUT2D eigenvalue weighted by Crippen LogP contribution is -2.22. The maximum absolute atomic E-state index is 14.8. The third-order valence-corrected chi connectivity index (χ3v) is 12.6. The van der Waals surface area contributed by atoms with E-state index >= 15 is 0 Å². The summed E-state index contributed by atoms with van der Waals surface area (Å²) < 4.78 is 178. The number of halogens is 12. The van der Waals surface area contributed by atoms with Gasteiger partial charge in [0.2, 0.25) is 5.39 Å². The van der Waals surface area contributed by atoms with Crippen molar-refractivity contribution in [2.75, 3.05) is 0 Å². The molecule has 0 aliphatic heterocycles. The fraction of sp³-hybridized carbons (Fsp3) is 0.240. The molecule has 0 aliphatic rings. The molecule has 0 saturated heterocycles. The molecule has 1 heterocycles. The molecule has 0 amide bonds. The minimum atomic E-state index is -5.30. The van der Waals surface area contributed by atoms with E-state index in [1.54, 1.807) is 36.4 Å². The van der Waals surface area contributed by atoms with E-state index in [0.717, 1.165) is 0 Å². The fourth-order valence-electron chi connectivity index (χ4n) is 8.11. The van der Waals surface area contributed by atoms with Gasteiger partial charge in [-0.2, -0.15) is 57.8 Å². The van der Waals surface area contributed by atoms with Crippen LogP contribution in [-0.2, 0) is 35.5 Å². The first-order valence-corrected chi connectivity index (χ1v) is 21.1. The van der Waals surface area contributed by atoms with Crippen LogP contribution < -0.4 is 10.4 Å². The average molecular weight is 954 g/mol. The second-order valence-corrected chi connectivity index (χ2v) is 19.0. The van der Waals surface area contributed by atoms with Gasteiger partial charge in [0.15, 0.2) is 4.98 Å². The van der Waals surface area contributed by atoms with Crippen LogP contribution in [0.4, 0.5) is 52.7 Å². The molecule has 7 aromatic rings. The van der Waals surface area contributed by atoms with Crippen molar-refractivity contribution in [2.45, 2.75) is 77.1 Å². The van der Waals surface area contributed by atoms with E-state index in [4.69, 9.17) is 5.53 Å². The quantitative estimate of drug-likeness (QED) is 0.107. The summed E-state index contributed by atoms with van der Waals surface area (Å²) in [4.78, 5) is 3.07. The molecule has 1 aromatic heterocycles. The Morgan fingerprint density at radius 3 is 1.16 bits per heavy atom. The highest BCUT2D eigenvalue weighted by atomic mass is 32.1. The van der Waals surface area contributed by atoms with Crippen molar-refractivity contribution in [1.82, 2.24) is 0 Å². The lowest BCUT2D eigenvalue weighted by Gasteiger charge is -2.26. The summed E-state index contributed by atoms with van der Waals surface area (Å²) in [5.41, 5.74) is -5.67. The Morgan fingerprint density at radius 2 is 0.821 bits per heavy atom. The maximum atomic E-state index is 14.8. The molecule has 0 aliphatic carbocycles. The number of thiophene rings is 1. The number of nitrogens with one attached hydrogen (secondary N) is 1. The van der Waals surface area contributed by atoms with Gasteiger partial charge >= 0.3 is 30.4 Å². The Morgan fingerprint density at radius 1 is 0.478 bits per heavy atom. The van der Waals surface area contributed by atoms with Crippen LogP contribution in [0.5, 0.6) is 0 Å². The van der Waals surface area contributed by atoms with Crippen LogP contribution in [0, 0.1) is 30.4 Å². The average Bonchev–Trinajstić information content (AvgIpc) is 3.71. The highest BCUT2D eigenvalue weighted by molar-refractivity contribution is 7.08. The fourth-order valence-corrected chi connectivity index (χ4v) is 9.20. The van der Waals surface area contributed by atoms with Gasteiger partial charge in [-0.05, 0) is 96.4 Å². The van der Waals surface area contributed by atoms with Crippen molar-refractivity contribution >= 4 is 44.3 Å². The van der Waals surface area contributed by atoms with E-state index in [-0.39, 0.29) is 32.3 Å². The van der Waals surface area contributed by atoms with Gasteiger partial charge in [-0.3, -0.25) is 0 Å². The molecule has 0 saturated carbocycles. The zero-order valence-electron chi connectivity index (χ0n) is 36.2. The van der Waals surface area contributed by atoms with E-state index in [2.05, 4.69) is 10.1 Å². The summed E-state index contributed by atoms with van der Waals surface area (Å²) in [5.74, 6) is 0. The van der Waals surface area contributed by atoms with Crippen LogP contribution >= 0.6 is 11.3 Å². The van der Waals surface area contributed by atoms with Crippen molar-refractivity contribution in [3.05, 3.63) is 189 Å². The van der Waals surface area contributed by atoms with Crippen LogP contribution in [0.2, 0.25) is 0 Å². The van der Waals surface area contributed by atoms with E-state index in [1.165, 1.54) is 101 Å². The second kappa shape index (κ2) is 16.7. The molecule has 1 N–H and O–H groups in total. The van der Waals surface area contributed by atoms with Crippen molar-refractivity contribution in [2.24, 2.45) is 5.11 Å². The smallest absolute Gasteiger partial charge is 0.204 e. The third-order valence-electron chi connectivity index (χ3n) is 11.4. The van der Waals surface area contributed by atoms with Crippen molar-refractivity contribution in [1.29, 1.82) is 10.9 Å². The molecule has 67 heavy (non-hydrogen) atoms. The second-order valence-electron chi connectivity index (χ2n) is 17.9. The third kappa shape index (κ3) is 9.15. The molecule has 4 nitrogen and oxygen atoms in total. The molecular formula is C50H37F12N4S+. The van der Waals surface area contributed by atoms with Crippen LogP contribution in [0.1, 0.15) is 86.1 Å². The maximum Gasteiger partial charge on any atom is 0.417 e. The van der Waals surface area contributed by atoms with Gasteiger partial charge in [0, 0.05) is 19.8 Å². The topological polar surface area (TPSA) is 64.4 Å². The van der Waals surface area contributed by atoms with Gasteiger partial charge in [-0.25, -0.2) is 5.53 Å². The SMILES string of the molecule is CC(C)(C)c1cc(C(F)(F)F)c(C(N=N)=c2ccc(=c3ccc(=c4ccc(=C([N+]#N)c5c(C(F)(F)F)cc(C(C)(C)C)cc5C(F)(F)F)c5ccccc45)s3)c3ccccc23)c(C(F)(F)F)c1. The zero-order chi connectivity index (χ0) is 49.4. The monoisotopic (exact) mass is 953 g/mol. The molecule has 0 radical (unpaired) electrons. The Kier molecular flexibility index (Phi) is 12.0. The van der Waals surface area contributed by atoms with Crippen LogP contribution in [-0.4, -0.2) is 0 Å². The predicted octanol–water partition coefficient (Wildman–Crippen LogP) is 15.5. The minimum Gasteiger partial charge on any atom is -0.204 e. The van der Waals surface area contributed by atoms with Crippen LogP contribution in [0.3, 0.4) is 0 Å². The van der Waals surface area contributed by atoms with Gasteiger partial charge in [-0.15, -0.1) is 11.3 Å². The number of benzene rings is 6. The first-order valence-electron chi connectivity index (χ1n) is 20.2. The summed E-state index contributed by atoms with van der Waals surface area (Å²) in [5, 5.41) is 15.3. The summed E-state index contributed by atoms with van der Waals surface area (Å²) in [6.45, 7) is 8.82. The molecule has 0 spiro atoms. The van der Waals surface area contributed by atoms with Crippen molar-refractivity contribution in [3.63, 3.8) is 0 Å². The standard InChI is InChI=1S/C50H37F12N4S/c1-45(2,3)25-21-35(47(51,52)53)41(36(22-25)48(54,55)56)43(65-63)33-17-15-31(27-11-7-9-13-29(27)33)39-19-20-40(67-39)32-16-18-34(30-14-10-8-12-28(30)32)44(66-64)42-37(49(57,58)59)23-26(46(4,5)6)24-38(42)50(60,61)62/h7-24,63H,1-6H3/q+1. The van der Waals surface area contributed by atoms with Crippen LogP contribution in [0.25, 0.3) is 37.9 Å². The van der Waals surface area contributed by atoms with Gasteiger partial charge in [-0.1, -0.05) is 108 Å². The first-order chi connectivity index (χ1) is 31.0. The molecule has 7 rings (SSSR count). The number of nitrogens with zero attached hydrogens (tertiary/aromatic N) is 3. The molecule has 0 atom stereocenters. The Hall–Kier alpha value is -6.54. The largest absolute Gasteiger partial charge is 0.417 e. The molecular weight excluding hydrogens is 917 g/mol. The zero-order valence-corrected chi connectivity index (χ0v) is 37.0. The number of rotatable bonds is 3. The van der Waals surface area contributed by atoms with Gasteiger partial charge in [0.25, 0.3) is 0 Å². The Labute approximate surface area is 377 Å². The van der Waals surface area contributed by atoms with E-state index in [9.17, 15) is 58.1 Å². The summed E-state index contributed by atoms with van der Waals surface area (Å²) in [6.07, 6.45) is -21.2. The summed E-state index contributed by atoms with van der Waals surface area (Å²) in [6, 6.07) is 23.8. The number of alkyl halides is 12. The molecule has 0 fully saturated rings. The molecule has 17 heteroatoms. The van der Waals surface area contributed by atoms with Gasteiger partial charge in [0.1, 0.15) is 5.70 Å². The summed E-state index contributed by atoms with van der Waals surface area (Å²) >= 11 is 1.19. The van der Waals surface area contributed by atoms with Gasteiger partial charge < -0.3 is 0 Å². The Balaban J connectivity index is 1.57. The normalized spacial score (nSPS) is 15.1. The molecule has 0 unspecified atom stereocenters. The number of hydrogen-bond acceptors (Lipinski definition) is 4. The Bertz CT molecular complexity index is 3460. The minimum absolute atomic E-state index is 0.146. The first kappa shape index (κ1) is 48.4. The number of fused-ring (bicyclic) bond motifs is 2.